The number of para-hydroxylation sites is 1. The lowest BCUT2D eigenvalue weighted by Crippen LogP contribution is -2.49. The molecule has 1 aliphatic heterocycles. The number of aromatic nitrogens is 3. The third-order valence-corrected chi connectivity index (χ3v) is 7.07. The highest BCUT2D eigenvalue weighted by molar-refractivity contribution is 7.99. The van der Waals surface area contributed by atoms with E-state index in [1.54, 1.807) is 0 Å². The minimum absolute atomic E-state index is 0.0915. The Morgan fingerprint density at radius 1 is 0.886 bits per heavy atom. The number of benzene rings is 3. The van der Waals surface area contributed by atoms with E-state index in [1.165, 1.54) is 11.8 Å². The minimum atomic E-state index is 0.0915. The van der Waals surface area contributed by atoms with Gasteiger partial charge in [-0.1, -0.05) is 59.8 Å². The number of amides is 1. The molecular formula is C26H25ClN6OS. The summed E-state index contributed by atoms with van der Waals surface area (Å²) in [6.07, 6.45) is 0. The van der Waals surface area contributed by atoms with Crippen LogP contribution in [0.3, 0.4) is 0 Å². The van der Waals surface area contributed by atoms with Crippen molar-refractivity contribution in [3.8, 4) is 17.1 Å². The van der Waals surface area contributed by atoms with Gasteiger partial charge in [0.2, 0.25) is 5.91 Å². The lowest BCUT2D eigenvalue weighted by molar-refractivity contribution is -0.128. The van der Waals surface area contributed by atoms with Gasteiger partial charge in [-0.25, -0.2) is 0 Å². The molecule has 0 atom stereocenters. The van der Waals surface area contributed by atoms with Gasteiger partial charge in [0, 0.05) is 53.8 Å². The van der Waals surface area contributed by atoms with Crippen LogP contribution in [-0.4, -0.2) is 57.5 Å². The zero-order valence-corrected chi connectivity index (χ0v) is 20.6. The third kappa shape index (κ3) is 5.28. The maximum Gasteiger partial charge on any atom is 0.233 e. The minimum Gasteiger partial charge on any atom is -0.399 e. The quantitative estimate of drug-likeness (QED) is 0.305. The van der Waals surface area contributed by atoms with Gasteiger partial charge in [-0.15, -0.1) is 10.2 Å². The largest absolute Gasteiger partial charge is 0.399 e. The van der Waals surface area contributed by atoms with Crippen LogP contribution < -0.4 is 10.6 Å². The van der Waals surface area contributed by atoms with Crippen molar-refractivity contribution in [1.29, 1.82) is 0 Å². The summed E-state index contributed by atoms with van der Waals surface area (Å²) in [5.74, 6) is 1.07. The van der Waals surface area contributed by atoms with Crippen molar-refractivity contribution in [3.05, 3.63) is 83.9 Å². The molecule has 1 saturated heterocycles. The molecular weight excluding hydrogens is 480 g/mol. The second-order valence-electron chi connectivity index (χ2n) is 8.24. The van der Waals surface area contributed by atoms with Crippen LogP contribution >= 0.6 is 23.4 Å². The number of nitrogens with zero attached hydrogens (tertiary/aromatic N) is 5. The van der Waals surface area contributed by atoms with Gasteiger partial charge < -0.3 is 15.5 Å². The molecule has 178 valence electrons. The van der Waals surface area contributed by atoms with E-state index in [0.29, 0.717) is 35.5 Å². The molecule has 0 saturated carbocycles. The van der Waals surface area contributed by atoms with Crippen LogP contribution in [0, 0.1) is 0 Å². The predicted molar refractivity (Wildman–Crippen MR) is 142 cm³/mol. The molecule has 0 bridgehead atoms. The molecule has 1 amide bonds. The highest BCUT2D eigenvalue weighted by atomic mass is 35.5. The first-order chi connectivity index (χ1) is 17.1. The van der Waals surface area contributed by atoms with Gasteiger partial charge in [0.15, 0.2) is 11.0 Å². The monoisotopic (exact) mass is 504 g/mol. The Balaban J connectivity index is 1.29. The fourth-order valence-electron chi connectivity index (χ4n) is 4.14. The van der Waals surface area contributed by atoms with Crippen molar-refractivity contribution < 1.29 is 4.79 Å². The van der Waals surface area contributed by atoms with E-state index >= 15 is 0 Å². The van der Waals surface area contributed by atoms with Gasteiger partial charge in [0.1, 0.15) is 0 Å². The second-order valence-corrected chi connectivity index (χ2v) is 9.62. The summed E-state index contributed by atoms with van der Waals surface area (Å²) in [7, 11) is 0. The lowest BCUT2D eigenvalue weighted by Gasteiger charge is -2.36. The SMILES string of the molecule is Nc1cccc(-c2nnc(SCC(=O)N3CCN(c4cccc(Cl)c4)CC3)n2-c2ccccc2)c1. The molecule has 3 aromatic carbocycles. The number of hydrogen-bond acceptors (Lipinski definition) is 6. The van der Waals surface area contributed by atoms with Crippen LogP contribution in [0.25, 0.3) is 17.1 Å². The second kappa shape index (κ2) is 10.4. The Morgan fingerprint density at radius 2 is 1.63 bits per heavy atom. The van der Waals surface area contributed by atoms with Crippen LogP contribution in [-0.2, 0) is 4.79 Å². The number of nitrogen functional groups attached to an aromatic ring is 1. The molecule has 1 aromatic heterocycles. The summed E-state index contributed by atoms with van der Waals surface area (Å²) in [6.45, 7) is 2.89. The average molecular weight is 505 g/mol. The zero-order valence-electron chi connectivity index (χ0n) is 19.0. The molecule has 35 heavy (non-hydrogen) atoms. The summed E-state index contributed by atoms with van der Waals surface area (Å²) >= 11 is 7.53. The van der Waals surface area contributed by atoms with Crippen LogP contribution in [0.5, 0.6) is 0 Å². The summed E-state index contributed by atoms with van der Waals surface area (Å²) in [5.41, 5.74) is 9.55. The summed E-state index contributed by atoms with van der Waals surface area (Å²) < 4.78 is 1.98. The number of halogens is 1. The molecule has 1 fully saturated rings. The number of piperazine rings is 1. The van der Waals surface area contributed by atoms with Crippen molar-refractivity contribution in [2.24, 2.45) is 0 Å². The third-order valence-electron chi connectivity index (χ3n) is 5.92. The van der Waals surface area contributed by atoms with E-state index in [0.717, 1.165) is 35.1 Å². The molecule has 0 spiro atoms. The van der Waals surface area contributed by atoms with Crippen LogP contribution in [0.15, 0.2) is 84.0 Å². The smallest absolute Gasteiger partial charge is 0.233 e. The first kappa shape index (κ1) is 23.3. The Bertz CT molecular complexity index is 1320. The van der Waals surface area contributed by atoms with E-state index in [2.05, 4.69) is 15.1 Å². The van der Waals surface area contributed by atoms with Gasteiger partial charge in [-0.3, -0.25) is 9.36 Å². The molecule has 0 radical (unpaired) electrons. The highest BCUT2D eigenvalue weighted by Gasteiger charge is 2.23. The maximum atomic E-state index is 13.0. The molecule has 4 aromatic rings. The van der Waals surface area contributed by atoms with E-state index in [9.17, 15) is 4.79 Å². The summed E-state index contributed by atoms with van der Waals surface area (Å²) in [5, 5.41) is 10.2. The van der Waals surface area contributed by atoms with Crippen LogP contribution in [0.4, 0.5) is 11.4 Å². The Labute approximate surface area is 213 Å². The standard InChI is InChI=1S/C26H25ClN6OS/c27-20-7-5-11-23(17-20)31-12-14-32(15-13-31)24(34)18-35-26-30-29-25(19-6-4-8-21(28)16-19)33(26)22-9-2-1-3-10-22/h1-11,16-17H,12-15,18,28H2. The Kier molecular flexibility index (Phi) is 6.92. The Morgan fingerprint density at radius 3 is 2.37 bits per heavy atom. The zero-order chi connectivity index (χ0) is 24.2. The number of anilines is 2. The van der Waals surface area contributed by atoms with Crippen LogP contribution in [0.1, 0.15) is 0 Å². The van der Waals surface area contributed by atoms with Crippen molar-refractivity contribution >= 4 is 40.6 Å². The number of nitrogens with two attached hydrogens (primary N) is 1. The summed E-state index contributed by atoms with van der Waals surface area (Å²) in [6, 6.07) is 25.3. The molecule has 0 unspecified atom stereocenters. The fourth-order valence-corrected chi connectivity index (χ4v) is 5.18. The van der Waals surface area contributed by atoms with E-state index in [-0.39, 0.29) is 5.91 Å². The number of carbonyl (C=O) groups excluding carboxylic acids is 1. The molecule has 0 aliphatic carbocycles. The van der Waals surface area contributed by atoms with Crippen molar-refractivity contribution in [2.45, 2.75) is 5.16 Å². The fraction of sp³-hybridized carbons (Fsp3) is 0.192. The number of hydrogen-bond donors (Lipinski definition) is 1. The van der Waals surface area contributed by atoms with Crippen LogP contribution in [0.2, 0.25) is 5.02 Å². The highest BCUT2D eigenvalue weighted by Crippen LogP contribution is 2.29. The normalized spacial score (nSPS) is 13.7. The molecule has 1 aliphatic rings. The van der Waals surface area contributed by atoms with Gasteiger partial charge in [-0.05, 0) is 42.5 Å². The van der Waals surface area contributed by atoms with Gasteiger partial charge >= 0.3 is 0 Å². The van der Waals surface area contributed by atoms with E-state index in [1.807, 2.05) is 88.3 Å². The molecule has 5 rings (SSSR count). The summed E-state index contributed by atoms with van der Waals surface area (Å²) in [4.78, 5) is 17.2. The first-order valence-electron chi connectivity index (χ1n) is 11.4. The Hall–Kier alpha value is -3.49. The van der Waals surface area contributed by atoms with Crippen molar-refractivity contribution in [3.63, 3.8) is 0 Å². The lowest BCUT2D eigenvalue weighted by atomic mass is 10.2. The van der Waals surface area contributed by atoms with Crippen molar-refractivity contribution in [1.82, 2.24) is 19.7 Å². The maximum absolute atomic E-state index is 13.0. The molecule has 2 heterocycles. The number of rotatable bonds is 6. The van der Waals surface area contributed by atoms with Gasteiger partial charge in [0.25, 0.3) is 0 Å². The number of carbonyl (C=O) groups is 1. The predicted octanol–water partition coefficient (Wildman–Crippen LogP) is 4.61. The molecule has 9 heteroatoms. The van der Waals surface area contributed by atoms with Crippen molar-refractivity contribution in [2.75, 3.05) is 42.6 Å². The van der Waals surface area contributed by atoms with Gasteiger partial charge in [-0.2, -0.15) is 0 Å². The topological polar surface area (TPSA) is 80.3 Å². The molecule has 2 N–H and O–H groups in total. The van der Waals surface area contributed by atoms with E-state index in [4.69, 9.17) is 17.3 Å². The first-order valence-corrected chi connectivity index (χ1v) is 12.7. The number of thioether (sulfide) groups is 1. The average Bonchev–Trinajstić information content (AvgIpc) is 3.32. The molecule has 7 nitrogen and oxygen atoms in total. The van der Waals surface area contributed by atoms with Gasteiger partial charge in [0.05, 0.1) is 5.75 Å². The van der Waals surface area contributed by atoms with E-state index < -0.39 is 0 Å².